The fourth-order valence-electron chi connectivity index (χ4n) is 2.48. The minimum Gasteiger partial charge on any atom is -0.391 e. The number of aliphatic hydroxyl groups is 1. The number of carbonyl (C=O) groups is 1. The second kappa shape index (κ2) is 8.56. The predicted octanol–water partition coefficient (Wildman–Crippen LogP) is 1.69. The van der Waals surface area contributed by atoms with E-state index >= 15 is 0 Å². The van der Waals surface area contributed by atoms with Gasteiger partial charge in [0.2, 0.25) is 0 Å². The fraction of sp³-hybridized carbons (Fsp3) is 0.692. The number of aromatic nitrogens is 1. The lowest BCUT2D eigenvalue weighted by Gasteiger charge is -2.26. The second-order valence-corrected chi connectivity index (χ2v) is 5.95. The molecule has 20 heavy (non-hydrogen) atoms. The molecular weight excluding hydrogens is 298 g/mol. The molecule has 1 aromatic heterocycles. The van der Waals surface area contributed by atoms with Crippen molar-refractivity contribution in [1.29, 1.82) is 0 Å². The topological polar surface area (TPSA) is 88.2 Å². The first-order valence-electron chi connectivity index (χ1n) is 6.81. The van der Waals surface area contributed by atoms with Gasteiger partial charge in [-0.2, -0.15) is 0 Å². The van der Waals surface area contributed by atoms with Gasteiger partial charge in [0.15, 0.2) is 0 Å². The van der Waals surface area contributed by atoms with Crippen molar-refractivity contribution in [3.05, 3.63) is 16.1 Å². The molecule has 1 aliphatic rings. The number of aliphatic hydroxyl groups excluding tert-OH is 1. The highest BCUT2D eigenvalue weighted by molar-refractivity contribution is 7.09. The smallest absolute Gasteiger partial charge is 0.270 e. The first-order valence-corrected chi connectivity index (χ1v) is 7.69. The van der Waals surface area contributed by atoms with Crippen LogP contribution in [0.25, 0.3) is 0 Å². The summed E-state index contributed by atoms with van der Waals surface area (Å²) in [6.45, 7) is 0.654. The van der Waals surface area contributed by atoms with Gasteiger partial charge in [-0.25, -0.2) is 4.98 Å². The zero-order valence-electron chi connectivity index (χ0n) is 11.4. The summed E-state index contributed by atoms with van der Waals surface area (Å²) in [6.07, 6.45) is 5.30. The maximum absolute atomic E-state index is 11.8. The highest BCUT2D eigenvalue weighted by Gasteiger charge is 2.22. The summed E-state index contributed by atoms with van der Waals surface area (Å²) in [6, 6.07) is 0. The van der Waals surface area contributed by atoms with E-state index in [0.29, 0.717) is 24.7 Å². The van der Waals surface area contributed by atoms with Gasteiger partial charge >= 0.3 is 0 Å². The van der Waals surface area contributed by atoms with Crippen LogP contribution in [0.1, 0.15) is 47.6 Å². The summed E-state index contributed by atoms with van der Waals surface area (Å²) in [5.74, 6) is 0.0925. The van der Waals surface area contributed by atoms with Gasteiger partial charge in [0.25, 0.3) is 5.91 Å². The maximum Gasteiger partial charge on any atom is 0.270 e. The average Bonchev–Trinajstić information content (AvgIpc) is 2.94. The van der Waals surface area contributed by atoms with Crippen LogP contribution >= 0.6 is 23.7 Å². The van der Waals surface area contributed by atoms with Crippen molar-refractivity contribution in [2.75, 3.05) is 6.54 Å². The van der Waals surface area contributed by atoms with Gasteiger partial charge < -0.3 is 16.2 Å². The van der Waals surface area contributed by atoms with Gasteiger partial charge in [-0.1, -0.05) is 19.3 Å². The average molecular weight is 320 g/mol. The lowest BCUT2D eigenvalue weighted by atomic mass is 9.85. The number of nitrogens with one attached hydrogen (secondary N) is 1. The van der Waals surface area contributed by atoms with Gasteiger partial charge in [0.05, 0.1) is 6.10 Å². The number of carbonyl (C=O) groups excluding carboxylic acids is 1. The van der Waals surface area contributed by atoms with Gasteiger partial charge in [0.1, 0.15) is 10.7 Å². The maximum atomic E-state index is 11.8. The largest absolute Gasteiger partial charge is 0.391 e. The number of halogens is 1. The van der Waals surface area contributed by atoms with Crippen LogP contribution in [0, 0.1) is 5.92 Å². The Labute approximate surface area is 129 Å². The van der Waals surface area contributed by atoms with Crippen molar-refractivity contribution in [2.24, 2.45) is 11.7 Å². The van der Waals surface area contributed by atoms with E-state index < -0.39 is 6.10 Å². The van der Waals surface area contributed by atoms with Crippen LogP contribution in [0.2, 0.25) is 0 Å². The molecule has 7 heteroatoms. The third-order valence-electron chi connectivity index (χ3n) is 3.62. The van der Waals surface area contributed by atoms with E-state index in [0.717, 1.165) is 17.8 Å². The molecule has 1 fully saturated rings. The van der Waals surface area contributed by atoms with E-state index in [4.69, 9.17) is 5.73 Å². The highest BCUT2D eigenvalue weighted by Crippen LogP contribution is 2.26. The quantitative estimate of drug-likeness (QED) is 0.770. The highest BCUT2D eigenvalue weighted by atomic mass is 35.5. The van der Waals surface area contributed by atoms with Gasteiger partial charge in [-0.15, -0.1) is 23.7 Å². The number of nitrogens with two attached hydrogens (primary N) is 1. The van der Waals surface area contributed by atoms with E-state index in [9.17, 15) is 9.90 Å². The zero-order valence-corrected chi connectivity index (χ0v) is 13.0. The van der Waals surface area contributed by atoms with E-state index in [1.54, 1.807) is 5.38 Å². The number of hydrogen-bond donors (Lipinski definition) is 3. The van der Waals surface area contributed by atoms with Crippen LogP contribution in [0.3, 0.4) is 0 Å². The summed E-state index contributed by atoms with van der Waals surface area (Å²) < 4.78 is 0. The van der Waals surface area contributed by atoms with E-state index in [1.807, 2.05) is 0 Å². The molecule has 1 aliphatic carbocycles. The van der Waals surface area contributed by atoms with Crippen LogP contribution in [0.15, 0.2) is 5.38 Å². The number of hydrogen-bond acceptors (Lipinski definition) is 5. The summed E-state index contributed by atoms with van der Waals surface area (Å²) in [5.41, 5.74) is 5.85. The molecule has 1 aromatic rings. The molecule has 0 saturated heterocycles. The molecule has 0 bridgehead atoms. The molecule has 1 atom stereocenters. The third-order valence-corrected chi connectivity index (χ3v) is 4.50. The number of amides is 1. The van der Waals surface area contributed by atoms with Crippen molar-refractivity contribution in [2.45, 2.75) is 44.8 Å². The Bertz CT molecular complexity index is 422. The zero-order chi connectivity index (χ0) is 13.7. The Morgan fingerprint density at radius 3 is 2.80 bits per heavy atom. The second-order valence-electron chi connectivity index (χ2n) is 5.01. The number of thiazole rings is 1. The third kappa shape index (κ3) is 4.70. The molecule has 4 N–H and O–H groups in total. The molecular formula is C13H22ClN3O2S. The minimum atomic E-state index is -0.447. The molecule has 1 heterocycles. The Hall–Kier alpha value is -0.690. The van der Waals surface area contributed by atoms with E-state index in [2.05, 4.69) is 10.3 Å². The van der Waals surface area contributed by atoms with Crippen molar-refractivity contribution in [3.63, 3.8) is 0 Å². The standard InChI is InChI=1S/C13H21N3O2S.ClH/c14-6-12-16-10(8-19-12)13(18)15-7-11(17)9-4-2-1-3-5-9;/h8-9,11,17H,1-7,14H2,(H,15,18);1H. The Balaban J connectivity index is 0.00000200. The SMILES string of the molecule is Cl.NCc1nc(C(=O)NCC(O)C2CCCCC2)cs1. The Morgan fingerprint density at radius 1 is 1.50 bits per heavy atom. The molecule has 5 nitrogen and oxygen atoms in total. The van der Waals surface area contributed by atoms with Gasteiger partial charge in [-0.3, -0.25) is 4.79 Å². The van der Waals surface area contributed by atoms with Crippen LogP contribution in [-0.2, 0) is 6.54 Å². The normalized spacial score (nSPS) is 17.3. The van der Waals surface area contributed by atoms with Crippen LogP contribution < -0.4 is 11.1 Å². The molecule has 114 valence electrons. The monoisotopic (exact) mass is 319 g/mol. The Morgan fingerprint density at radius 2 is 2.20 bits per heavy atom. The molecule has 1 amide bonds. The molecule has 0 spiro atoms. The van der Waals surface area contributed by atoms with Crippen LogP contribution in [-0.4, -0.2) is 28.6 Å². The van der Waals surface area contributed by atoms with Crippen molar-refractivity contribution in [1.82, 2.24) is 10.3 Å². The van der Waals surface area contributed by atoms with Gasteiger partial charge in [0, 0.05) is 18.5 Å². The van der Waals surface area contributed by atoms with Crippen molar-refractivity contribution >= 4 is 29.7 Å². The van der Waals surface area contributed by atoms with Gasteiger partial charge in [-0.05, 0) is 18.8 Å². The van der Waals surface area contributed by atoms with Crippen molar-refractivity contribution in [3.8, 4) is 0 Å². The molecule has 0 aromatic carbocycles. The summed E-state index contributed by atoms with van der Waals surface area (Å²) in [4.78, 5) is 16.0. The first-order chi connectivity index (χ1) is 9.20. The first kappa shape index (κ1) is 17.4. The Kier molecular flexibility index (Phi) is 7.43. The molecule has 0 aliphatic heterocycles. The lowest BCUT2D eigenvalue weighted by Crippen LogP contribution is -2.37. The predicted molar refractivity (Wildman–Crippen MR) is 82.2 cm³/mol. The van der Waals surface area contributed by atoms with Crippen LogP contribution in [0.5, 0.6) is 0 Å². The number of nitrogens with zero attached hydrogens (tertiary/aromatic N) is 1. The number of rotatable bonds is 5. The molecule has 0 radical (unpaired) electrons. The molecule has 1 saturated carbocycles. The lowest BCUT2D eigenvalue weighted by molar-refractivity contribution is 0.0736. The van der Waals surface area contributed by atoms with Crippen molar-refractivity contribution < 1.29 is 9.90 Å². The van der Waals surface area contributed by atoms with Crippen LogP contribution in [0.4, 0.5) is 0 Å². The molecule has 2 rings (SSSR count). The van der Waals surface area contributed by atoms with E-state index in [1.165, 1.54) is 30.6 Å². The fourth-order valence-corrected chi connectivity index (χ4v) is 3.14. The minimum absolute atomic E-state index is 0. The summed E-state index contributed by atoms with van der Waals surface area (Å²) >= 11 is 1.38. The molecule has 1 unspecified atom stereocenters. The van der Waals surface area contributed by atoms with E-state index in [-0.39, 0.29) is 18.3 Å². The summed E-state index contributed by atoms with van der Waals surface area (Å²) in [7, 11) is 0. The summed E-state index contributed by atoms with van der Waals surface area (Å²) in [5, 5.41) is 15.3.